The van der Waals surface area contributed by atoms with Gasteiger partial charge in [0.25, 0.3) is 5.56 Å². The average molecular weight is 461 g/mol. The first-order chi connectivity index (χ1) is 15.3. The summed E-state index contributed by atoms with van der Waals surface area (Å²) in [6.07, 6.45) is 0.775. The normalized spacial score (nSPS) is 11.7. The number of pyridine rings is 1. The number of urea groups is 1. The highest BCUT2D eigenvalue weighted by atomic mass is 35.5. The Balaban J connectivity index is 1.90. The number of hydrogen-bond acceptors (Lipinski definition) is 3. The molecule has 4 N–H and O–H groups in total. The molecule has 168 valence electrons. The number of halogens is 2. The number of carbonyl (C=O) groups excluding carboxylic acids is 1. The number of H-pyrrole nitrogens is 1. The Morgan fingerprint density at radius 1 is 1.22 bits per heavy atom. The highest BCUT2D eigenvalue weighted by Gasteiger charge is 2.24. The first-order valence-electron chi connectivity index (χ1n) is 9.87. The van der Waals surface area contributed by atoms with Gasteiger partial charge in [-0.2, -0.15) is 0 Å². The number of carbonyl (C=O) groups is 2. The molecular formula is C22H22ClFN4O4. The van der Waals surface area contributed by atoms with Crippen LogP contribution in [0.15, 0.2) is 53.5 Å². The van der Waals surface area contributed by atoms with E-state index in [9.17, 15) is 18.8 Å². The molecule has 1 unspecified atom stereocenters. The summed E-state index contributed by atoms with van der Waals surface area (Å²) < 4.78 is 13.5. The van der Waals surface area contributed by atoms with Gasteiger partial charge in [-0.05, 0) is 48.6 Å². The number of aromatic amines is 1. The van der Waals surface area contributed by atoms with Gasteiger partial charge >= 0.3 is 12.1 Å². The van der Waals surface area contributed by atoms with Crippen molar-refractivity contribution in [3.05, 3.63) is 75.4 Å². The van der Waals surface area contributed by atoms with Crippen molar-refractivity contribution in [3.63, 3.8) is 0 Å². The first-order valence-corrected chi connectivity index (χ1v) is 10.3. The Hall–Kier alpha value is -3.59. The molecule has 0 saturated carbocycles. The number of hydrogen-bond donors (Lipinski definition) is 4. The number of aromatic nitrogens is 1. The van der Waals surface area contributed by atoms with Crippen molar-refractivity contribution in [2.24, 2.45) is 0 Å². The number of fused-ring (bicyclic) bond motifs is 1. The number of amides is 3. The van der Waals surface area contributed by atoms with Gasteiger partial charge in [-0.15, -0.1) is 0 Å². The standard InChI is InChI=1S/C22H22ClFN4O4/c1-13(17-12-26-20(29)16-6-3-2-5-15(16)17)28(10-4-9-25-22(31)32)21(30)27-14-7-8-19(24)18(23)11-14/h2-3,5-8,11-13,25H,4,9-10H2,1H3,(H,26,29)(H,27,30)(H,31,32). The van der Waals surface area contributed by atoms with E-state index in [2.05, 4.69) is 15.6 Å². The third-order valence-corrected chi connectivity index (χ3v) is 5.33. The van der Waals surface area contributed by atoms with Gasteiger partial charge < -0.3 is 25.6 Å². The van der Waals surface area contributed by atoms with E-state index in [1.165, 1.54) is 17.0 Å². The molecule has 0 aliphatic carbocycles. The van der Waals surface area contributed by atoms with Gasteiger partial charge in [-0.25, -0.2) is 14.0 Å². The Bertz CT molecular complexity index is 1200. The van der Waals surface area contributed by atoms with Crippen LogP contribution in [0.1, 0.15) is 24.9 Å². The summed E-state index contributed by atoms with van der Waals surface area (Å²) in [5.41, 5.74) is 0.798. The Kier molecular flexibility index (Phi) is 7.32. The SMILES string of the molecule is CC(c1c[nH]c(=O)c2ccccc12)N(CCCNC(=O)O)C(=O)Nc1ccc(F)c(Cl)c1. The van der Waals surface area contributed by atoms with Crippen molar-refractivity contribution >= 4 is 40.2 Å². The third-order valence-electron chi connectivity index (χ3n) is 5.04. The molecule has 10 heteroatoms. The molecule has 0 radical (unpaired) electrons. The van der Waals surface area contributed by atoms with Crippen LogP contribution in [0, 0.1) is 5.82 Å². The van der Waals surface area contributed by atoms with Crippen molar-refractivity contribution in [2.75, 3.05) is 18.4 Å². The maximum atomic E-state index is 13.5. The zero-order valence-electron chi connectivity index (χ0n) is 17.2. The molecule has 32 heavy (non-hydrogen) atoms. The largest absolute Gasteiger partial charge is 0.465 e. The number of anilines is 1. The number of nitrogens with one attached hydrogen (secondary N) is 3. The molecule has 1 aromatic heterocycles. The molecule has 1 heterocycles. The van der Waals surface area contributed by atoms with Crippen molar-refractivity contribution in [1.82, 2.24) is 15.2 Å². The summed E-state index contributed by atoms with van der Waals surface area (Å²) in [5.74, 6) is -0.602. The van der Waals surface area contributed by atoms with Gasteiger partial charge in [-0.3, -0.25) is 4.79 Å². The highest BCUT2D eigenvalue weighted by Crippen LogP contribution is 2.27. The van der Waals surface area contributed by atoms with E-state index < -0.39 is 24.0 Å². The summed E-state index contributed by atoms with van der Waals surface area (Å²) in [7, 11) is 0. The van der Waals surface area contributed by atoms with Crippen LogP contribution in [0.4, 0.5) is 19.7 Å². The highest BCUT2D eigenvalue weighted by molar-refractivity contribution is 6.31. The van der Waals surface area contributed by atoms with E-state index in [0.29, 0.717) is 22.9 Å². The van der Waals surface area contributed by atoms with Crippen molar-refractivity contribution in [2.45, 2.75) is 19.4 Å². The number of benzene rings is 2. The molecule has 0 aliphatic heterocycles. The maximum Gasteiger partial charge on any atom is 0.404 e. The number of nitrogens with zero attached hydrogens (tertiary/aromatic N) is 1. The maximum absolute atomic E-state index is 13.5. The molecule has 0 aliphatic rings. The monoisotopic (exact) mass is 460 g/mol. The third kappa shape index (κ3) is 5.36. The summed E-state index contributed by atoms with van der Waals surface area (Å²) >= 11 is 5.81. The zero-order chi connectivity index (χ0) is 23.3. The van der Waals surface area contributed by atoms with E-state index in [-0.39, 0.29) is 23.7 Å². The molecule has 3 aromatic rings. The van der Waals surface area contributed by atoms with E-state index in [0.717, 1.165) is 11.6 Å². The van der Waals surface area contributed by atoms with Crippen LogP contribution in [0.5, 0.6) is 0 Å². The summed E-state index contributed by atoms with van der Waals surface area (Å²) in [4.78, 5) is 40.2. The van der Waals surface area contributed by atoms with Crippen molar-refractivity contribution in [3.8, 4) is 0 Å². The predicted molar refractivity (Wildman–Crippen MR) is 121 cm³/mol. The van der Waals surface area contributed by atoms with Crippen LogP contribution in [-0.2, 0) is 0 Å². The van der Waals surface area contributed by atoms with Crippen LogP contribution >= 0.6 is 11.6 Å². The smallest absolute Gasteiger partial charge is 0.404 e. The molecular weight excluding hydrogens is 439 g/mol. The number of carboxylic acid groups (broad SMARTS) is 1. The second-order valence-corrected chi connectivity index (χ2v) is 7.54. The van der Waals surface area contributed by atoms with Crippen LogP contribution in [0.3, 0.4) is 0 Å². The molecule has 8 nitrogen and oxygen atoms in total. The van der Waals surface area contributed by atoms with Gasteiger partial charge in [-0.1, -0.05) is 29.8 Å². The van der Waals surface area contributed by atoms with Gasteiger partial charge in [0.05, 0.1) is 11.1 Å². The molecule has 3 rings (SSSR count). The fourth-order valence-electron chi connectivity index (χ4n) is 3.43. The topological polar surface area (TPSA) is 115 Å². The van der Waals surface area contributed by atoms with E-state index >= 15 is 0 Å². The Morgan fingerprint density at radius 3 is 2.62 bits per heavy atom. The lowest BCUT2D eigenvalue weighted by Gasteiger charge is -2.30. The summed E-state index contributed by atoms with van der Waals surface area (Å²) in [5, 5.41) is 14.8. The second-order valence-electron chi connectivity index (χ2n) is 7.13. The lowest BCUT2D eigenvalue weighted by Crippen LogP contribution is -2.39. The lowest BCUT2D eigenvalue weighted by molar-refractivity contribution is 0.187. The van der Waals surface area contributed by atoms with Crippen LogP contribution in [0.2, 0.25) is 5.02 Å². The Morgan fingerprint density at radius 2 is 1.94 bits per heavy atom. The fourth-order valence-corrected chi connectivity index (χ4v) is 3.61. The Labute approximate surface area is 188 Å². The molecule has 1 atom stereocenters. The number of rotatable bonds is 7. The minimum absolute atomic E-state index is 0.125. The fraction of sp³-hybridized carbons (Fsp3) is 0.227. The van der Waals surface area contributed by atoms with Gasteiger partial charge in [0.1, 0.15) is 5.82 Å². The molecule has 3 amide bonds. The minimum atomic E-state index is -1.15. The summed E-state index contributed by atoms with van der Waals surface area (Å²) in [6, 6.07) is 9.96. The zero-order valence-corrected chi connectivity index (χ0v) is 17.9. The molecule has 0 bridgehead atoms. The van der Waals surface area contributed by atoms with Crippen molar-refractivity contribution in [1.29, 1.82) is 0 Å². The van der Waals surface area contributed by atoms with Gasteiger partial charge in [0.2, 0.25) is 0 Å². The van der Waals surface area contributed by atoms with Crippen LogP contribution < -0.4 is 16.2 Å². The van der Waals surface area contributed by atoms with Crippen LogP contribution in [-0.4, -0.2) is 40.2 Å². The molecule has 2 aromatic carbocycles. The summed E-state index contributed by atoms with van der Waals surface area (Å²) in [6.45, 7) is 2.18. The van der Waals surface area contributed by atoms with E-state index in [1.807, 2.05) is 6.92 Å². The van der Waals surface area contributed by atoms with Crippen LogP contribution in [0.25, 0.3) is 10.8 Å². The van der Waals surface area contributed by atoms with E-state index in [1.54, 1.807) is 30.5 Å². The lowest BCUT2D eigenvalue weighted by atomic mass is 10.0. The molecule has 0 fully saturated rings. The molecule has 0 spiro atoms. The first kappa shape index (κ1) is 23.1. The van der Waals surface area contributed by atoms with Crippen molar-refractivity contribution < 1.29 is 19.1 Å². The quantitative estimate of drug-likeness (QED) is 0.386. The van der Waals surface area contributed by atoms with E-state index in [4.69, 9.17) is 16.7 Å². The molecule has 0 saturated heterocycles. The second kappa shape index (κ2) is 10.1. The average Bonchev–Trinajstić information content (AvgIpc) is 2.76. The minimum Gasteiger partial charge on any atom is -0.465 e. The van der Waals surface area contributed by atoms with Gasteiger partial charge in [0, 0.05) is 30.4 Å². The predicted octanol–water partition coefficient (Wildman–Crippen LogP) is 4.57. The van der Waals surface area contributed by atoms with Gasteiger partial charge in [0.15, 0.2) is 0 Å².